The molecule has 5 aliphatic rings. The first kappa shape index (κ1) is 34.5. The normalized spacial score (nSPS) is 30.0. The number of aliphatic hydroxyl groups excluding tert-OH is 1. The van der Waals surface area contributed by atoms with Crippen LogP contribution in [0.5, 0.6) is 0 Å². The zero-order valence-electron chi connectivity index (χ0n) is 29.2. The van der Waals surface area contributed by atoms with Gasteiger partial charge in [-0.3, -0.25) is 9.59 Å². The second kappa shape index (κ2) is 13.7. The third-order valence-electron chi connectivity index (χ3n) is 12.1. The molecule has 1 saturated carbocycles. The van der Waals surface area contributed by atoms with Gasteiger partial charge in [0.25, 0.3) is 5.60 Å². The largest absolute Gasteiger partial charge is 0.463 e. The summed E-state index contributed by atoms with van der Waals surface area (Å²) in [6, 6.07) is 10.6. The number of hydrogen-bond acceptors (Lipinski definition) is 9. The van der Waals surface area contributed by atoms with Crippen molar-refractivity contribution in [2.45, 2.75) is 101 Å². The van der Waals surface area contributed by atoms with E-state index in [4.69, 9.17) is 15.2 Å². The number of benzene rings is 1. The summed E-state index contributed by atoms with van der Waals surface area (Å²) in [7, 11) is 0. The highest BCUT2D eigenvalue weighted by Gasteiger charge is 2.85. The standard InChI is InChI=1S/C41H49N3O6/c1-3-43-34-20-28-12-6-5-11-27(28)19-29(34)25-49-38(48)41-37(47)33-14-8-7-13-32(33)36(46)40(41,50-41)23-30(24-45)26(2)22-39(16-9-4-10-17-39)31-15-18-44-35(42)21-31/h6-8,12-15,18,20-21,27,29,34,43,45H,3-5,9-11,16-17,19,22-25H2,1-2H3,(H2,42,44). The van der Waals surface area contributed by atoms with Gasteiger partial charge >= 0.3 is 5.97 Å². The van der Waals surface area contributed by atoms with Crippen molar-refractivity contribution in [1.29, 1.82) is 0 Å². The minimum absolute atomic E-state index is 0.00873. The molecular weight excluding hydrogens is 630 g/mol. The number of epoxide rings is 1. The summed E-state index contributed by atoms with van der Waals surface area (Å²) in [5.41, 5.74) is 6.36. The molecule has 0 bridgehead atoms. The molecular formula is C41H49N3O6. The van der Waals surface area contributed by atoms with Gasteiger partial charge in [-0.25, -0.2) is 9.78 Å². The number of aliphatic hydroxyl groups is 1. The van der Waals surface area contributed by atoms with Gasteiger partial charge in [0.15, 0.2) is 11.4 Å². The fourth-order valence-corrected chi connectivity index (χ4v) is 9.39. The van der Waals surface area contributed by atoms with Gasteiger partial charge < -0.3 is 25.6 Å². The highest BCUT2D eigenvalue weighted by molar-refractivity contribution is 6.32. The molecule has 1 aliphatic heterocycles. The van der Waals surface area contributed by atoms with Crippen LogP contribution < -0.4 is 11.1 Å². The number of likely N-dealkylation sites (N-methyl/N-ethyl adjacent to an activating group) is 1. The van der Waals surface area contributed by atoms with Crippen molar-refractivity contribution in [3.8, 4) is 0 Å². The maximum atomic E-state index is 14.4. The number of nitrogen functional groups attached to an aromatic ring is 1. The van der Waals surface area contributed by atoms with Gasteiger partial charge in [-0.1, -0.05) is 74.3 Å². The van der Waals surface area contributed by atoms with E-state index in [1.807, 2.05) is 19.1 Å². The van der Waals surface area contributed by atoms with E-state index in [0.717, 1.165) is 69.0 Å². The van der Waals surface area contributed by atoms with Gasteiger partial charge in [0.05, 0.1) is 13.2 Å². The van der Waals surface area contributed by atoms with Crippen molar-refractivity contribution >= 4 is 23.4 Å². The molecule has 4 aliphatic carbocycles. The van der Waals surface area contributed by atoms with Crippen LogP contribution in [0.1, 0.15) is 104 Å². The lowest BCUT2D eigenvalue weighted by molar-refractivity contribution is -0.150. The van der Waals surface area contributed by atoms with Gasteiger partial charge in [0.1, 0.15) is 5.82 Å². The van der Waals surface area contributed by atoms with Crippen LogP contribution in [0.4, 0.5) is 5.82 Å². The number of nitrogens with one attached hydrogen (secondary N) is 1. The van der Waals surface area contributed by atoms with E-state index in [-0.39, 0.29) is 48.1 Å². The number of pyridine rings is 1. The lowest BCUT2D eigenvalue weighted by atomic mass is 9.65. The summed E-state index contributed by atoms with van der Waals surface area (Å²) in [6.07, 6.45) is 17.1. The second-order valence-corrected chi connectivity index (χ2v) is 15.0. The van der Waals surface area contributed by atoms with E-state index in [1.165, 1.54) is 5.57 Å². The Hall–Kier alpha value is -3.92. The van der Waals surface area contributed by atoms with Gasteiger partial charge in [-0.15, -0.1) is 0 Å². The monoisotopic (exact) mass is 679 g/mol. The smallest absolute Gasteiger partial charge is 0.350 e. The summed E-state index contributed by atoms with van der Waals surface area (Å²) in [6.45, 7) is 4.55. The number of ketones is 2. The first-order valence-electron chi connectivity index (χ1n) is 18.4. The number of nitrogens with two attached hydrogens (primary N) is 1. The minimum Gasteiger partial charge on any atom is -0.463 e. The van der Waals surface area contributed by atoms with Crippen LogP contribution in [-0.4, -0.2) is 64.6 Å². The van der Waals surface area contributed by atoms with Gasteiger partial charge in [-0.2, -0.15) is 0 Å². The minimum atomic E-state index is -2.10. The summed E-state index contributed by atoms with van der Waals surface area (Å²) in [5, 5.41) is 14.4. The van der Waals surface area contributed by atoms with E-state index >= 15 is 0 Å². The SMILES string of the molecule is CCNC1C=C2C=CCCC2CC1COC(=O)C12OC1(CC(CO)=C(C)CC1(c3ccnc(N)c3)CCCCC1)C(=O)c1ccccc1C2=O. The first-order valence-corrected chi connectivity index (χ1v) is 18.4. The van der Waals surface area contributed by atoms with Crippen molar-refractivity contribution in [3.05, 3.63) is 94.2 Å². The van der Waals surface area contributed by atoms with Gasteiger partial charge in [0, 0.05) is 35.7 Å². The zero-order chi connectivity index (χ0) is 35.1. The molecule has 9 heteroatoms. The zero-order valence-corrected chi connectivity index (χ0v) is 29.2. The molecule has 4 N–H and O–H groups in total. The Kier molecular flexibility index (Phi) is 9.43. The van der Waals surface area contributed by atoms with E-state index in [2.05, 4.69) is 35.5 Å². The predicted octanol–water partition coefficient (Wildman–Crippen LogP) is 5.98. The maximum absolute atomic E-state index is 14.4. The van der Waals surface area contributed by atoms with Crippen molar-refractivity contribution in [2.75, 3.05) is 25.5 Å². The molecule has 0 spiro atoms. The molecule has 1 aromatic heterocycles. The molecule has 2 heterocycles. The number of anilines is 1. The number of carbonyl (C=O) groups excluding carboxylic acids is 3. The lowest BCUT2D eigenvalue weighted by Crippen LogP contribution is -2.51. The number of carbonyl (C=O) groups is 3. The number of aromatic nitrogens is 1. The van der Waals surface area contributed by atoms with Crippen LogP contribution in [0.25, 0.3) is 0 Å². The van der Waals surface area contributed by atoms with Gasteiger partial charge in [-0.05, 0) is 92.2 Å². The molecule has 0 amide bonds. The Morgan fingerprint density at radius 1 is 1.10 bits per heavy atom. The number of allylic oxidation sites excluding steroid dienone is 4. The lowest BCUT2D eigenvalue weighted by Gasteiger charge is -2.39. The van der Waals surface area contributed by atoms with Crippen molar-refractivity contribution in [3.63, 3.8) is 0 Å². The summed E-state index contributed by atoms with van der Waals surface area (Å²) >= 11 is 0. The number of rotatable bonds is 11. The molecule has 50 heavy (non-hydrogen) atoms. The second-order valence-electron chi connectivity index (χ2n) is 15.0. The number of Topliss-reactive ketones (excluding diaryl/α,β-unsaturated/α-hetero) is 2. The van der Waals surface area contributed by atoms with E-state index in [9.17, 15) is 19.5 Å². The number of hydrogen-bond donors (Lipinski definition) is 3. The number of nitrogens with zero attached hydrogens (tertiary/aromatic N) is 1. The molecule has 1 saturated heterocycles. The first-order chi connectivity index (χ1) is 24.2. The van der Waals surface area contributed by atoms with Gasteiger partial charge in [0.2, 0.25) is 5.78 Å². The van der Waals surface area contributed by atoms with Crippen LogP contribution >= 0.6 is 0 Å². The highest BCUT2D eigenvalue weighted by Crippen LogP contribution is 2.60. The molecule has 0 radical (unpaired) electrons. The fraction of sp³-hybridized carbons (Fsp3) is 0.512. The Morgan fingerprint density at radius 3 is 2.58 bits per heavy atom. The van der Waals surface area contributed by atoms with E-state index in [0.29, 0.717) is 23.7 Å². The van der Waals surface area contributed by atoms with E-state index < -0.39 is 28.7 Å². The Balaban J connectivity index is 1.19. The third-order valence-corrected chi connectivity index (χ3v) is 12.1. The Morgan fingerprint density at radius 2 is 1.86 bits per heavy atom. The predicted molar refractivity (Wildman–Crippen MR) is 191 cm³/mol. The molecule has 5 atom stereocenters. The average molecular weight is 680 g/mol. The summed E-state index contributed by atoms with van der Waals surface area (Å²) in [5.74, 6) is -0.946. The maximum Gasteiger partial charge on any atom is 0.350 e. The molecule has 7 rings (SSSR count). The third kappa shape index (κ3) is 5.77. The van der Waals surface area contributed by atoms with Crippen LogP contribution in [-0.2, 0) is 19.7 Å². The van der Waals surface area contributed by atoms with Crippen molar-refractivity contribution in [2.24, 2.45) is 11.8 Å². The molecule has 2 fully saturated rings. The molecule has 2 aromatic rings. The molecule has 9 nitrogen and oxygen atoms in total. The summed E-state index contributed by atoms with van der Waals surface area (Å²) in [4.78, 5) is 47.2. The van der Waals surface area contributed by atoms with E-state index in [1.54, 1.807) is 30.5 Å². The van der Waals surface area contributed by atoms with Crippen molar-refractivity contribution in [1.82, 2.24) is 10.3 Å². The Labute approximate surface area is 294 Å². The molecule has 5 unspecified atom stereocenters. The average Bonchev–Trinajstić information content (AvgIpc) is 3.84. The number of ether oxygens (including phenoxy) is 2. The number of fused-ring (bicyclic) bond motifs is 3. The van der Waals surface area contributed by atoms with Crippen LogP contribution in [0.2, 0.25) is 0 Å². The van der Waals surface area contributed by atoms with Crippen LogP contribution in [0.3, 0.4) is 0 Å². The molecule has 1 aromatic carbocycles. The number of esters is 1. The quantitative estimate of drug-likeness (QED) is 0.113. The topological polar surface area (TPSA) is 144 Å². The van der Waals surface area contributed by atoms with Crippen LogP contribution in [0.15, 0.2) is 77.5 Å². The fourth-order valence-electron chi connectivity index (χ4n) is 9.39. The van der Waals surface area contributed by atoms with Crippen molar-refractivity contribution < 1.29 is 29.0 Å². The Bertz CT molecular complexity index is 1770. The highest BCUT2D eigenvalue weighted by atomic mass is 16.7. The van der Waals surface area contributed by atoms with Crippen LogP contribution in [0, 0.1) is 11.8 Å². The molecule has 264 valence electrons. The summed E-state index contributed by atoms with van der Waals surface area (Å²) < 4.78 is 12.3.